The molecule has 4 rings (SSSR count). The van der Waals surface area contributed by atoms with Gasteiger partial charge in [-0.05, 0) is 91.4 Å². The van der Waals surface area contributed by atoms with Crippen LogP contribution in [0.2, 0.25) is 0 Å². The van der Waals surface area contributed by atoms with Crippen LogP contribution in [0.4, 0.5) is 4.39 Å². The number of aromatic hydroxyl groups is 1. The van der Waals surface area contributed by atoms with Crippen molar-refractivity contribution in [2.45, 2.75) is 148 Å². The number of rotatable bonds is 19. The van der Waals surface area contributed by atoms with Crippen LogP contribution in [0.25, 0.3) is 0 Å². The Balaban J connectivity index is 1.26. The van der Waals surface area contributed by atoms with E-state index in [0.717, 1.165) is 75.5 Å². The molecule has 0 radical (unpaired) electrons. The normalized spacial score (nSPS) is 29.2. The standard InChI is InChI=1S/C38H62FNO4/c1-4-5-6-7-8-9-10-11-14-17-35(43)40(23-24-44-3)22-15-12-13-16-28-25-29-26-30(41)18-19-31(29)37-33(39)27-38(2)32(36(28)37)20-21-34(38)42/h18-19,26,28,32-34,36-37,41-42H,4-17,20-25,27H2,1-3H3/t28-,32?,33+,34+,36?,37?,38+/m1/s1. The number of aliphatic hydroxyl groups excluding tert-OH is 1. The highest BCUT2D eigenvalue weighted by atomic mass is 19.1. The van der Waals surface area contributed by atoms with Crippen molar-refractivity contribution in [3.63, 3.8) is 0 Å². The molecule has 6 heteroatoms. The van der Waals surface area contributed by atoms with Crippen LogP contribution in [0.3, 0.4) is 0 Å². The van der Waals surface area contributed by atoms with Crippen molar-refractivity contribution in [2.75, 3.05) is 26.8 Å². The fraction of sp³-hybridized carbons (Fsp3) is 0.816. The van der Waals surface area contributed by atoms with Crippen LogP contribution >= 0.6 is 0 Å². The van der Waals surface area contributed by atoms with Crippen LogP contribution < -0.4 is 0 Å². The van der Waals surface area contributed by atoms with Gasteiger partial charge in [0.1, 0.15) is 11.9 Å². The first-order chi connectivity index (χ1) is 21.3. The molecule has 0 aliphatic heterocycles. The topological polar surface area (TPSA) is 70.0 Å². The summed E-state index contributed by atoms with van der Waals surface area (Å²) in [5.41, 5.74) is 1.84. The first-order valence-electron chi connectivity index (χ1n) is 18.2. The van der Waals surface area contributed by atoms with Crippen LogP contribution in [0.1, 0.15) is 140 Å². The minimum Gasteiger partial charge on any atom is -0.508 e. The minimum absolute atomic E-state index is 0.143. The monoisotopic (exact) mass is 615 g/mol. The summed E-state index contributed by atoms with van der Waals surface area (Å²) in [6.07, 6.45) is 17.7. The lowest BCUT2D eigenvalue weighted by Gasteiger charge is -2.54. The van der Waals surface area contributed by atoms with Crippen molar-refractivity contribution in [3.8, 4) is 5.75 Å². The Labute approximate surface area is 267 Å². The minimum atomic E-state index is -0.966. The maximum absolute atomic E-state index is 16.0. The molecule has 5 nitrogen and oxygen atoms in total. The number of alkyl halides is 1. The number of phenols is 1. The Hall–Kier alpha value is -1.66. The molecule has 2 saturated carbocycles. The van der Waals surface area contributed by atoms with Gasteiger partial charge in [-0.1, -0.05) is 84.1 Å². The Kier molecular flexibility index (Phi) is 13.8. The number of carbonyl (C=O) groups is 1. The van der Waals surface area contributed by atoms with E-state index < -0.39 is 12.3 Å². The first-order valence-corrected chi connectivity index (χ1v) is 18.2. The van der Waals surface area contributed by atoms with E-state index >= 15 is 4.39 Å². The summed E-state index contributed by atoms with van der Waals surface area (Å²) < 4.78 is 21.3. The van der Waals surface area contributed by atoms with E-state index in [1.807, 2.05) is 17.0 Å². The van der Waals surface area contributed by atoms with Crippen LogP contribution in [0, 0.1) is 23.2 Å². The number of fused-ring (bicyclic) bond motifs is 5. The predicted molar refractivity (Wildman–Crippen MR) is 177 cm³/mol. The molecule has 0 spiro atoms. The van der Waals surface area contributed by atoms with E-state index in [1.54, 1.807) is 13.2 Å². The molecule has 1 amide bonds. The van der Waals surface area contributed by atoms with Gasteiger partial charge in [-0.2, -0.15) is 0 Å². The van der Waals surface area contributed by atoms with Crippen molar-refractivity contribution < 1.29 is 24.1 Å². The summed E-state index contributed by atoms with van der Waals surface area (Å²) in [4.78, 5) is 15.1. The number of hydrogen-bond acceptors (Lipinski definition) is 4. The number of amides is 1. The molecule has 3 aliphatic rings. The van der Waals surface area contributed by atoms with Gasteiger partial charge in [0.25, 0.3) is 0 Å². The lowest BCUT2D eigenvalue weighted by molar-refractivity contribution is -0.132. The summed E-state index contributed by atoms with van der Waals surface area (Å²) in [5, 5.41) is 21.1. The van der Waals surface area contributed by atoms with Gasteiger partial charge in [-0.15, -0.1) is 0 Å². The second kappa shape index (κ2) is 17.3. The van der Waals surface area contributed by atoms with Crippen molar-refractivity contribution in [1.82, 2.24) is 4.90 Å². The molecule has 1 aromatic carbocycles. The first kappa shape index (κ1) is 35.2. The Morgan fingerprint density at radius 1 is 1.00 bits per heavy atom. The average Bonchev–Trinajstić information content (AvgIpc) is 3.30. The van der Waals surface area contributed by atoms with Crippen LogP contribution in [-0.4, -0.2) is 60.1 Å². The molecule has 0 heterocycles. The number of aliphatic hydroxyl groups is 1. The van der Waals surface area contributed by atoms with Gasteiger partial charge in [-0.3, -0.25) is 4.79 Å². The zero-order chi connectivity index (χ0) is 31.5. The van der Waals surface area contributed by atoms with Crippen molar-refractivity contribution in [1.29, 1.82) is 0 Å². The zero-order valence-electron chi connectivity index (χ0n) is 28.1. The van der Waals surface area contributed by atoms with Crippen LogP contribution in [0.5, 0.6) is 5.75 Å². The Bertz CT molecular complexity index is 1020. The third-order valence-electron chi connectivity index (χ3n) is 11.7. The highest BCUT2D eigenvalue weighted by Gasteiger charge is 2.59. The van der Waals surface area contributed by atoms with Crippen molar-refractivity contribution in [3.05, 3.63) is 29.3 Å². The van der Waals surface area contributed by atoms with E-state index in [2.05, 4.69) is 13.8 Å². The highest BCUT2D eigenvalue weighted by molar-refractivity contribution is 5.76. The second-order valence-corrected chi connectivity index (χ2v) is 14.7. The van der Waals surface area contributed by atoms with Gasteiger partial charge in [0.2, 0.25) is 5.91 Å². The number of phenolic OH excluding ortho intramolecular Hbond substituents is 1. The molecule has 2 fully saturated rings. The molecule has 3 unspecified atom stereocenters. The summed E-state index contributed by atoms with van der Waals surface area (Å²) >= 11 is 0. The number of hydrogen-bond donors (Lipinski definition) is 2. The number of ether oxygens (including phenoxy) is 1. The molecular weight excluding hydrogens is 553 g/mol. The smallest absolute Gasteiger partial charge is 0.222 e. The molecule has 2 N–H and O–H groups in total. The van der Waals surface area contributed by atoms with Crippen LogP contribution in [-0.2, 0) is 16.0 Å². The third-order valence-corrected chi connectivity index (χ3v) is 11.7. The lowest BCUT2D eigenvalue weighted by atomic mass is 9.51. The van der Waals surface area contributed by atoms with E-state index in [-0.39, 0.29) is 28.9 Å². The van der Waals surface area contributed by atoms with Gasteiger partial charge >= 0.3 is 0 Å². The van der Waals surface area contributed by atoms with Crippen molar-refractivity contribution in [2.24, 2.45) is 23.2 Å². The summed E-state index contributed by atoms with van der Waals surface area (Å²) in [6.45, 7) is 6.37. The summed E-state index contributed by atoms with van der Waals surface area (Å²) in [6, 6.07) is 5.53. The molecule has 250 valence electrons. The quantitative estimate of drug-likeness (QED) is 0.153. The largest absolute Gasteiger partial charge is 0.508 e. The molecule has 7 atom stereocenters. The van der Waals surface area contributed by atoms with Gasteiger partial charge in [-0.25, -0.2) is 4.39 Å². The molecule has 0 aromatic heterocycles. The zero-order valence-corrected chi connectivity index (χ0v) is 28.1. The van der Waals surface area contributed by atoms with E-state index in [4.69, 9.17) is 4.74 Å². The predicted octanol–water partition coefficient (Wildman–Crippen LogP) is 8.74. The van der Waals surface area contributed by atoms with E-state index in [0.29, 0.717) is 37.8 Å². The maximum atomic E-state index is 16.0. The second-order valence-electron chi connectivity index (χ2n) is 14.7. The summed E-state index contributed by atoms with van der Waals surface area (Å²) in [5.74, 6) is 1.29. The number of unbranched alkanes of at least 4 members (excludes halogenated alkanes) is 10. The lowest BCUT2D eigenvalue weighted by Crippen LogP contribution is -2.51. The molecule has 0 saturated heterocycles. The fourth-order valence-corrected chi connectivity index (χ4v) is 9.23. The van der Waals surface area contributed by atoms with Crippen molar-refractivity contribution >= 4 is 5.91 Å². The van der Waals surface area contributed by atoms with Gasteiger partial charge in [0, 0.05) is 32.5 Å². The number of carbonyl (C=O) groups excluding carboxylic acids is 1. The molecule has 44 heavy (non-hydrogen) atoms. The molecule has 1 aromatic rings. The fourth-order valence-electron chi connectivity index (χ4n) is 9.23. The molecule has 3 aliphatic carbocycles. The average molecular weight is 616 g/mol. The van der Waals surface area contributed by atoms with Gasteiger partial charge < -0.3 is 19.8 Å². The van der Waals surface area contributed by atoms with Gasteiger partial charge in [0.15, 0.2) is 0 Å². The Morgan fingerprint density at radius 3 is 2.43 bits per heavy atom. The summed E-state index contributed by atoms with van der Waals surface area (Å²) in [7, 11) is 1.69. The van der Waals surface area contributed by atoms with Crippen LogP contribution in [0.15, 0.2) is 18.2 Å². The van der Waals surface area contributed by atoms with Gasteiger partial charge in [0.05, 0.1) is 12.7 Å². The number of nitrogens with zero attached hydrogens (tertiary/aromatic N) is 1. The Morgan fingerprint density at radius 2 is 1.70 bits per heavy atom. The number of halogens is 1. The molecule has 0 bridgehead atoms. The maximum Gasteiger partial charge on any atom is 0.222 e. The number of methoxy groups -OCH3 is 1. The third kappa shape index (κ3) is 8.78. The molecular formula is C38H62FNO4. The van der Waals surface area contributed by atoms with E-state index in [9.17, 15) is 15.0 Å². The SMILES string of the molecule is CCCCCCCCCCCC(=O)N(CCCCC[C@@H]1Cc2cc(O)ccc2C2C1C1CC[C@H](O)[C@@]1(C)C[C@@H]2F)CCOC. The number of benzene rings is 1. The highest BCUT2D eigenvalue weighted by Crippen LogP contribution is 2.63. The van der Waals surface area contributed by atoms with E-state index in [1.165, 1.54) is 44.9 Å².